The van der Waals surface area contributed by atoms with Crippen LogP contribution in [0.1, 0.15) is 65.2 Å². The van der Waals surface area contributed by atoms with Crippen molar-refractivity contribution in [1.29, 1.82) is 0 Å². The second-order valence-electron chi connectivity index (χ2n) is 9.61. The van der Waals surface area contributed by atoms with E-state index in [1.54, 1.807) is 25.3 Å². The molecule has 0 unspecified atom stereocenters. The van der Waals surface area contributed by atoms with Gasteiger partial charge in [0.05, 0.1) is 20.3 Å². The third kappa shape index (κ3) is 6.80. The van der Waals surface area contributed by atoms with E-state index >= 15 is 0 Å². The van der Waals surface area contributed by atoms with Crippen molar-refractivity contribution in [2.45, 2.75) is 65.0 Å². The van der Waals surface area contributed by atoms with Crippen LogP contribution in [0.25, 0.3) is 6.08 Å². The van der Waals surface area contributed by atoms with E-state index in [0.717, 1.165) is 36.1 Å². The molecule has 4 rings (SSSR count). The molecule has 2 N–H and O–H groups in total. The average Bonchev–Trinajstić information content (AvgIpc) is 2.96. The molecule has 0 fully saturated rings. The maximum atomic E-state index is 13.6. The predicted molar refractivity (Wildman–Crippen MR) is 149 cm³/mol. The van der Waals surface area contributed by atoms with Crippen molar-refractivity contribution < 1.29 is 34.0 Å². The molecule has 1 heterocycles. The topological polar surface area (TPSA) is 94.5 Å². The van der Waals surface area contributed by atoms with E-state index < -0.39 is 24.8 Å². The minimum absolute atomic E-state index is 0.0497. The monoisotopic (exact) mass is 532 g/mol. The molecule has 0 amide bonds. The number of esters is 1. The number of carbonyl (C=O) groups excluding carboxylic acids is 1. The van der Waals surface area contributed by atoms with Crippen LogP contribution in [-0.2, 0) is 22.7 Å². The van der Waals surface area contributed by atoms with Crippen molar-refractivity contribution in [1.82, 2.24) is 0 Å². The van der Waals surface area contributed by atoms with E-state index in [-0.39, 0.29) is 12.4 Å². The molecule has 1 aliphatic rings. The van der Waals surface area contributed by atoms with Gasteiger partial charge in [-0.25, -0.2) is 4.79 Å². The molecule has 7 nitrogen and oxygen atoms in total. The number of ether oxygens (including phenoxy) is 4. The largest absolute Gasteiger partial charge is 0.508 e. The van der Waals surface area contributed by atoms with Gasteiger partial charge in [-0.1, -0.05) is 56.2 Å². The number of aromatic hydroxyl groups is 1. The number of benzene rings is 3. The van der Waals surface area contributed by atoms with Crippen molar-refractivity contribution >= 4 is 12.0 Å². The van der Waals surface area contributed by atoms with Crippen molar-refractivity contribution in [2.24, 2.45) is 0 Å². The second-order valence-corrected chi connectivity index (χ2v) is 9.61. The van der Waals surface area contributed by atoms with Crippen molar-refractivity contribution in [3.8, 4) is 23.0 Å². The molecule has 1 aliphatic heterocycles. The molecule has 0 radical (unpaired) electrons. The summed E-state index contributed by atoms with van der Waals surface area (Å²) in [5.74, 6) is 0.953. The Kier molecular flexibility index (Phi) is 9.63. The molecule has 3 aromatic carbocycles. The highest BCUT2D eigenvalue weighted by atomic mass is 16.6. The lowest BCUT2D eigenvalue weighted by Gasteiger charge is -2.26. The zero-order valence-electron chi connectivity index (χ0n) is 22.7. The fourth-order valence-corrected chi connectivity index (χ4v) is 4.65. The molecule has 0 bridgehead atoms. The number of fused-ring (bicyclic) bond motifs is 2. The average molecular weight is 533 g/mol. The minimum atomic E-state index is -0.597. The smallest absolute Gasteiger partial charge is 0.342 e. The summed E-state index contributed by atoms with van der Waals surface area (Å²) < 4.78 is 24.0. The van der Waals surface area contributed by atoms with Gasteiger partial charge in [-0.2, -0.15) is 0 Å². The molecule has 0 saturated heterocycles. The first-order valence-electron chi connectivity index (χ1n) is 13.3. The fraction of sp³-hybridized carbons (Fsp3) is 0.344. The van der Waals surface area contributed by atoms with Crippen LogP contribution in [-0.4, -0.2) is 35.5 Å². The van der Waals surface area contributed by atoms with Crippen LogP contribution in [0, 0.1) is 6.92 Å². The lowest BCUT2D eigenvalue weighted by Crippen LogP contribution is -2.32. The van der Waals surface area contributed by atoms with Crippen LogP contribution in [0.15, 0.2) is 60.7 Å². The maximum absolute atomic E-state index is 13.6. The number of cyclic esters (lactones) is 1. The lowest BCUT2D eigenvalue weighted by molar-refractivity contribution is -0.0419. The summed E-state index contributed by atoms with van der Waals surface area (Å²) in [7, 11) is 1.62. The van der Waals surface area contributed by atoms with Gasteiger partial charge in [0.1, 0.15) is 40.8 Å². The first-order chi connectivity index (χ1) is 18.9. The van der Waals surface area contributed by atoms with Gasteiger partial charge in [0.25, 0.3) is 0 Å². The number of methoxy groups -OCH3 is 1. The second kappa shape index (κ2) is 13.3. The van der Waals surface area contributed by atoms with Gasteiger partial charge < -0.3 is 29.2 Å². The maximum Gasteiger partial charge on any atom is 0.342 e. The highest BCUT2D eigenvalue weighted by Gasteiger charge is 2.29. The molecule has 3 aromatic rings. The van der Waals surface area contributed by atoms with Crippen molar-refractivity contribution in [3.63, 3.8) is 0 Å². The third-order valence-electron chi connectivity index (χ3n) is 6.88. The third-order valence-corrected chi connectivity index (χ3v) is 6.88. The number of aryl methyl sites for hydroxylation is 1. The molecule has 0 aliphatic carbocycles. The van der Waals surface area contributed by atoms with Crippen LogP contribution < -0.4 is 9.47 Å². The van der Waals surface area contributed by atoms with E-state index in [4.69, 9.17) is 18.9 Å². The van der Waals surface area contributed by atoms with Crippen LogP contribution in [0.3, 0.4) is 0 Å². The fourth-order valence-electron chi connectivity index (χ4n) is 4.65. The minimum Gasteiger partial charge on any atom is -0.508 e. The lowest BCUT2D eigenvalue weighted by atomic mass is 10.0. The van der Waals surface area contributed by atoms with Gasteiger partial charge in [-0.15, -0.1) is 0 Å². The molecule has 206 valence electrons. The summed E-state index contributed by atoms with van der Waals surface area (Å²) in [5.41, 5.74) is 2.81. The van der Waals surface area contributed by atoms with E-state index in [1.165, 1.54) is 6.07 Å². The normalized spacial score (nSPS) is 17.7. The number of unbranched alkanes of at least 4 members (excludes halogenated alkanes) is 2. The van der Waals surface area contributed by atoms with Crippen LogP contribution in [0.5, 0.6) is 23.0 Å². The standard InChI is InChI=1S/C32H36O7/c1-4-5-6-9-29-28(37-20-22-11-13-23(36-3)14-12-22)17-15-24-25(19-33)26(34)16-18-27(24)38-30-10-7-8-21(2)31(30)32(35)39-29/h7-8,10-18,28-29,33-34H,4-6,9,19-20H2,1-3H3/b17-15+/t28-,29+/m1/s1. The summed E-state index contributed by atoms with van der Waals surface area (Å²) in [5, 5.41) is 20.6. The number of rotatable bonds is 9. The number of aliphatic hydroxyl groups is 1. The molecule has 0 saturated carbocycles. The molecular formula is C32H36O7. The Morgan fingerprint density at radius 3 is 2.51 bits per heavy atom. The number of carbonyl (C=O) groups is 1. The molecule has 0 spiro atoms. The van der Waals surface area contributed by atoms with Gasteiger partial charge in [0, 0.05) is 11.1 Å². The number of hydrogen-bond acceptors (Lipinski definition) is 7. The summed E-state index contributed by atoms with van der Waals surface area (Å²) >= 11 is 0. The highest BCUT2D eigenvalue weighted by molar-refractivity contribution is 5.94. The van der Waals surface area contributed by atoms with Gasteiger partial charge in [-0.3, -0.25) is 0 Å². The van der Waals surface area contributed by atoms with E-state index in [9.17, 15) is 15.0 Å². The molecular weight excluding hydrogens is 496 g/mol. The Morgan fingerprint density at radius 2 is 1.79 bits per heavy atom. The van der Waals surface area contributed by atoms with Crippen LogP contribution >= 0.6 is 0 Å². The van der Waals surface area contributed by atoms with Gasteiger partial charge in [0.15, 0.2) is 0 Å². The number of phenols is 1. The van der Waals surface area contributed by atoms with E-state index in [2.05, 4.69) is 6.92 Å². The summed E-state index contributed by atoms with van der Waals surface area (Å²) in [6, 6.07) is 16.0. The summed E-state index contributed by atoms with van der Waals surface area (Å²) in [4.78, 5) is 13.6. The Bertz CT molecular complexity index is 1300. The first-order valence-corrected chi connectivity index (χ1v) is 13.3. The Hall–Kier alpha value is -3.81. The van der Waals surface area contributed by atoms with Crippen LogP contribution in [0.2, 0.25) is 0 Å². The highest BCUT2D eigenvalue weighted by Crippen LogP contribution is 2.37. The Balaban J connectivity index is 1.79. The summed E-state index contributed by atoms with van der Waals surface area (Å²) in [6.45, 7) is 3.85. The van der Waals surface area contributed by atoms with Crippen LogP contribution in [0.4, 0.5) is 0 Å². The molecule has 7 heteroatoms. The summed E-state index contributed by atoms with van der Waals surface area (Å²) in [6.07, 6.45) is 5.91. The predicted octanol–water partition coefficient (Wildman–Crippen LogP) is 6.71. The number of hydrogen-bond donors (Lipinski definition) is 2. The number of aliphatic hydroxyl groups excluding tert-OH is 1. The zero-order valence-corrected chi connectivity index (χ0v) is 22.7. The van der Waals surface area contributed by atoms with Gasteiger partial charge in [0.2, 0.25) is 0 Å². The van der Waals surface area contributed by atoms with Crippen molar-refractivity contribution in [3.05, 3.63) is 88.5 Å². The molecule has 0 aromatic heterocycles. The van der Waals surface area contributed by atoms with Gasteiger partial charge in [-0.05, 0) is 61.2 Å². The molecule has 39 heavy (non-hydrogen) atoms. The van der Waals surface area contributed by atoms with Crippen molar-refractivity contribution in [2.75, 3.05) is 7.11 Å². The first kappa shape index (κ1) is 28.2. The zero-order chi connectivity index (χ0) is 27.8. The Morgan fingerprint density at radius 1 is 1.00 bits per heavy atom. The van der Waals surface area contributed by atoms with E-state index in [1.807, 2.05) is 49.4 Å². The van der Waals surface area contributed by atoms with Gasteiger partial charge >= 0.3 is 5.97 Å². The van der Waals surface area contributed by atoms with E-state index in [0.29, 0.717) is 34.6 Å². The molecule has 2 atom stereocenters. The quantitative estimate of drug-likeness (QED) is 0.234. The SMILES string of the molecule is CCCCC[C@@H]1OC(=O)c2c(C)cccc2Oc2ccc(O)c(CO)c2/C=C/[C@H]1OCc1ccc(OC)cc1. The Labute approximate surface area is 229 Å².